The highest BCUT2D eigenvalue weighted by Crippen LogP contribution is 2.22. The first kappa shape index (κ1) is 13.9. The Hall–Kier alpha value is -2.55. The van der Waals surface area contributed by atoms with Gasteiger partial charge in [-0.25, -0.2) is 0 Å². The Morgan fingerprint density at radius 3 is 2.70 bits per heavy atom. The second-order valence-electron chi connectivity index (χ2n) is 3.81. The fourth-order valence-corrected chi connectivity index (χ4v) is 1.76. The molecule has 2 N–H and O–H groups in total. The molecule has 1 heterocycles. The molecule has 0 spiro atoms. The standard InChI is InChI=1S/C11H11N5O3S/c1-19-11(20)13-10(9-6-12-15-14-9)7-2-4-8(5-3-7)16(17)18/h2-6,10H,1H3,(H,13,20)(H,12,14,15). The Morgan fingerprint density at radius 1 is 1.50 bits per heavy atom. The van der Waals surface area contributed by atoms with Crippen LogP contribution in [0.3, 0.4) is 0 Å². The minimum atomic E-state index is -0.456. The van der Waals surface area contributed by atoms with E-state index in [9.17, 15) is 10.1 Å². The summed E-state index contributed by atoms with van der Waals surface area (Å²) in [5.41, 5.74) is 1.36. The summed E-state index contributed by atoms with van der Waals surface area (Å²) in [5.74, 6) is 0. The van der Waals surface area contributed by atoms with Gasteiger partial charge in [0, 0.05) is 12.1 Å². The van der Waals surface area contributed by atoms with Crippen molar-refractivity contribution in [3.8, 4) is 0 Å². The molecule has 0 amide bonds. The first-order chi connectivity index (χ1) is 9.61. The highest BCUT2D eigenvalue weighted by molar-refractivity contribution is 7.80. The summed E-state index contributed by atoms with van der Waals surface area (Å²) >= 11 is 4.97. The molecule has 1 aromatic carbocycles. The molecule has 0 fully saturated rings. The minimum absolute atomic E-state index is 0.0157. The van der Waals surface area contributed by atoms with Gasteiger partial charge in [-0.1, -0.05) is 0 Å². The first-order valence-electron chi connectivity index (χ1n) is 5.56. The van der Waals surface area contributed by atoms with Crippen LogP contribution in [0.4, 0.5) is 5.69 Å². The number of H-pyrrole nitrogens is 1. The molecule has 0 aliphatic rings. The number of methoxy groups -OCH3 is 1. The summed E-state index contributed by atoms with van der Waals surface area (Å²) in [7, 11) is 1.45. The summed E-state index contributed by atoms with van der Waals surface area (Å²) in [6, 6.07) is 5.69. The largest absolute Gasteiger partial charge is 0.474 e. The van der Waals surface area contributed by atoms with Crippen molar-refractivity contribution in [3.63, 3.8) is 0 Å². The van der Waals surface area contributed by atoms with E-state index in [1.54, 1.807) is 12.1 Å². The van der Waals surface area contributed by atoms with E-state index in [4.69, 9.17) is 17.0 Å². The number of benzene rings is 1. The lowest BCUT2D eigenvalue weighted by Crippen LogP contribution is -2.29. The molecule has 20 heavy (non-hydrogen) atoms. The van der Waals surface area contributed by atoms with Crippen LogP contribution in [-0.2, 0) is 4.74 Å². The van der Waals surface area contributed by atoms with Crippen molar-refractivity contribution >= 4 is 23.1 Å². The number of aromatic nitrogens is 3. The predicted octanol–water partition coefficient (Wildman–Crippen LogP) is 1.32. The predicted molar refractivity (Wildman–Crippen MR) is 74.1 cm³/mol. The zero-order valence-electron chi connectivity index (χ0n) is 10.4. The highest BCUT2D eigenvalue weighted by atomic mass is 32.1. The van der Waals surface area contributed by atoms with E-state index in [2.05, 4.69) is 20.7 Å². The molecule has 0 radical (unpaired) electrons. The van der Waals surface area contributed by atoms with Crippen LogP contribution in [0.15, 0.2) is 30.5 Å². The molecular weight excluding hydrogens is 282 g/mol. The smallest absolute Gasteiger partial charge is 0.269 e. The van der Waals surface area contributed by atoms with Gasteiger partial charge in [-0.15, -0.1) is 0 Å². The van der Waals surface area contributed by atoms with Gasteiger partial charge in [0.2, 0.25) is 0 Å². The summed E-state index contributed by atoms with van der Waals surface area (Å²) in [6.07, 6.45) is 1.54. The van der Waals surface area contributed by atoms with E-state index in [0.29, 0.717) is 5.69 Å². The number of hydrogen-bond donors (Lipinski definition) is 2. The van der Waals surface area contributed by atoms with E-state index in [1.807, 2.05) is 0 Å². The normalized spacial score (nSPS) is 11.7. The molecule has 1 atom stereocenters. The quantitative estimate of drug-likeness (QED) is 0.497. The summed E-state index contributed by atoms with van der Waals surface area (Å²) in [5, 5.41) is 24.0. The van der Waals surface area contributed by atoms with Crippen molar-refractivity contribution in [3.05, 3.63) is 51.8 Å². The monoisotopic (exact) mass is 293 g/mol. The van der Waals surface area contributed by atoms with Gasteiger partial charge in [-0.2, -0.15) is 15.4 Å². The Balaban J connectivity index is 2.31. The van der Waals surface area contributed by atoms with Gasteiger partial charge < -0.3 is 10.1 Å². The molecule has 104 valence electrons. The van der Waals surface area contributed by atoms with Gasteiger partial charge in [0.15, 0.2) is 0 Å². The van der Waals surface area contributed by atoms with Gasteiger partial charge in [0.25, 0.3) is 10.9 Å². The molecule has 2 rings (SSSR count). The molecule has 0 saturated carbocycles. The Kier molecular flexibility index (Phi) is 4.20. The van der Waals surface area contributed by atoms with E-state index < -0.39 is 11.0 Å². The lowest BCUT2D eigenvalue weighted by molar-refractivity contribution is -0.384. The second-order valence-corrected chi connectivity index (χ2v) is 4.18. The minimum Gasteiger partial charge on any atom is -0.474 e. The number of ether oxygens (including phenoxy) is 1. The number of nitrogens with zero attached hydrogens (tertiary/aromatic N) is 3. The second kappa shape index (κ2) is 6.06. The third kappa shape index (κ3) is 3.06. The van der Waals surface area contributed by atoms with Gasteiger partial charge in [0.05, 0.1) is 18.2 Å². The number of aromatic amines is 1. The summed E-state index contributed by atoms with van der Waals surface area (Å²) in [6.45, 7) is 0. The maximum Gasteiger partial charge on any atom is 0.269 e. The van der Waals surface area contributed by atoms with Crippen LogP contribution in [0, 0.1) is 10.1 Å². The van der Waals surface area contributed by atoms with Crippen molar-refractivity contribution in [2.45, 2.75) is 6.04 Å². The van der Waals surface area contributed by atoms with Crippen molar-refractivity contribution in [1.29, 1.82) is 0 Å². The third-order valence-corrected chi connectivity index (χ3v) is 2.90. The van der Waals surface area contributed by atoms with Crippen LogP contribution in [0.5, 0.6) is 0 Å². The topological polar surface area (TPSA) is 106 Å². The fourth-order valence-electron chi connectivity index (χ4n) is 1.64. The van der Waals surface area contributed by atoms with Gasteiger partial charge in [-0.05, 0) is 29.9 Å². The van der Waals surface area contributed by atoms with Crippen molar-refractivity contribution < 1.29 is 9.66 Å². The molecule has 8 nitrogen and oxygen atoms in total. The molecule has 0 saturated heterocycles. The van der Waals surface area contributed by atoms with E-state index in [-0.39, 0.29) is 10.9 Å². The van der Waals surface area contributed by atoms with Crippen molar-refractivity contribution in [1.82, 2.24) is 20.7 Å². The average Bonchev–Trinajstić information content (AvgIpc) is 2.98. The van der Waals surface area contributed by atoms with Gasteiger partial charge >= 0.3 is 0 Å². The zero-order chi connectivity index (χ0) is 14.5. The molecular formula is C11H11N5O3S. The van der Waals surface area contributed by atoms with E-state index in [1.165, 1.54) is 25.4 Å². The first-order valence-corrected chi connectivity index (χ1v) is 5.97. The Bertz CT molecular complexity index is 599. The van der Waals surface area contributed by atoms with Crippen LogP contribution in [-0.4, -0.2) is 32.6 Å². The number of nitro benzene ring substituents is 1. The van der Waals surface area contributed by atoms with Crippen molar-refractivity contribution in [2.24, 2.45) is 0 Å². The number of nitrogens with one attached hydrogen (secondary N) is 2. The fraction of sp³-hybridized carbons (Fsp3) is 0.182. The third-order valence-electron chi connectivity index (χ3n) is 2.61. The van der Waals surface area contributed by atoms with Crippen molar-refractivity contribution in [2.75, 3.05) is 7.11 Å². The van der Waals surface area contributed by atoms with Crippen LogP contribution in [0.25, 0.3) is 0 Å². The van der Waals surface area contributed by atoms with Crippen LogP contribution in [0.2, 0.25) is 0 Å². The summed E-state index contributed by atoms with van der Waals surface area (Å²) < 4.78 is 4.92. The number of nitro groups is 1. The van der Waals surface area contributed by atoms with Gasteiger partial charge in [-0.3, -0.25) is 10.1 Å². The van der Waals surface area contributed by atoms with E-state index in [0.717, 1.165) is 5.56 Å². The number of hydrogen-bond acceptors (Lipinski definition) is 6. The number of rotatable bonds is 4. The maximum absolute atomic E-state index is 10.7. The average molecular weight is 293 g/mol. The molecule has 0 aliphatic carbocycles. The highest BCUT2D eigenvalue weighted by Gasteiger charge is 2.19. The summed E-state index contributed by atoms with van der Waals surface area (Å²) in [4.78, 5) is 10.2. The molecule has 9 heteroatoms. The number of non-ortho nitro benzene ring substituents is 1. The molecule has 2 aromatic rings. The SMILES string of the molecule is COC(=S)NC(c1ccc([N+](=O)[O-])cc1)c1cn[nH]n1. The number of thiocarbonyl (C=S) groups is 1. The van der Waals surface area contributed by atoms with Gasteiger partial charge in [0.1, 0.15) is 11.7 Å². The molecule has 1 unspecified atom stereocenters. The maximum atomic E-state index is 10.7. The Morgan fingerprint density at radius 2 is 2.20 bits per heavy atom. The molecule has 0 bridgehead atoms. The Labute approximate surface area is 119 Å². The molecule has 1 aromatic heterocycles. The van der Waals surface area contributed by atoms with Crippen LogP contribution < -0.4 is 5.32 Å². The lowest BCUT2D eigenvalue weighted by Gasteiger charge is -2.17. The molecule has 0 aliphatic heterocycles. The van der Waals surface area contributed by atoms with Crippen LogP contribution >= 0.6 is 12.2 Å². The van der Waals surface area contributed by atoms with Crippen LogP contribution in [0.1, 0.15) is 17.3 Å². The lowest BCUT2D eigenvalue weighted by atomic mass is 10.0. The van der Waals surface area contributed by atoms with E-state index >= 15 is 0 Å². The zero-order valence-corrected chi connectivity index (χ0v) is 11.3.